The first-order valence-electron chi connectivity index (χ1n) is 0. The molecule has 0 fully saturated rings. The van der Waals surface area contributed by atoms with Gasteiger partial charge in [0.05, 0.1) is 0 Å². The zero-order chi connectivity index (χ0) is 0. The van der Waals surface area contributed by atoms with E-state index in [1.165, 1.54) is 0 Å². The maximum Gasteiger partial charge on any atom is 0.316 e. The summed E-state index contributed by atoms with van der Waals surface area (Å²) in [6.07, 6.45) is 0. The number of rotatable bonds is 0. The van der Waals surface area contributed by atoms with Crippen molar-refractivity contribution in [2.24, 2.45) is 0 Å². The second-order valence-electron chi connectivity index (χ2n) is 0. The van der Waals surface area contributed by atoms with E-state index in [1.807, 2.05) is 0 Å². The van der Waals surface area contributed by atoms with Crippen LogP contribution in [0.1, 0.15) is 0 Å². The van der Waals surface area contributed by atoms with Crippen LogP contribution in [0.2, 0.25) is 0 Å². The summed E-state index contributed by atoms with van der Waals surface area (Å²) in [7, 11) is 0. The third-order valence-corrected chi connectivity index (χ3v) is 0. The summed E-state index contributed by atoms with van der Waals surface area (Å²) in [6.45, 7) is 0. The van der Waals surface area contributed by atoms with E-state index in [4.69, 9.17) is 0 Å². The molecule has 4 heteroatoms. The third-order valence-electron chi connectivity index (χ3n) is 0. The van der Waals surface area contributed by atoms with Crippen LogP contribution in [0.3, 0.4) is 0 Å². The van der Waals surface area contributed by atoms with Crippen molar-refractivity contribution in [2.45, 2.75) is 0 Å². The van der Waals surface area contributed by atoms with Gasteiger partial charge >= 0.3 is 23.1 Å². The van der Waals surface area contributed by atoms with Crippen LogP contribution in [-0.4, -0.2) is 23.1 Å². The van der Waals surface area contributed by atoms with E-state index in [0.29, 0.717) is 0 Å². The van der Waals surface area contributed by atoms with E-state index >= 15 is 0 Å². The Morgan fingerprint density at radius 3 is 1.00 bits per heavy atom. The van der Waals surface area contributed by atoms with Crippen LogP contribution in [0.25, 0.3) is 0 Å². The number of hydrogen-bond acceptors (Lipinski definition) is 0. The molecule has 0 aromatic carbocycles. The number of hydrogen-bond donors (Lipinski definition) is 0. The SMILES string of the molecule is [MgH2].[Mo].[Ti].[V]. The molecule has 0 saturated heterocycles. The summed E-state index contributed by atoms with van der Waals surface area (Å²) in [4.78, 5) is 0. The molecule has 0 aliphatic rings. The van der Waals surface area contributed by atoms with Gasteiger partial charge in [-0.05, 0) is 0 Å². The van der Waals surface area contributed by atoms with Crippen molar-refractivity contribution in [1.29, 1.82) is 0 Å². The third kappa shape index (κ3) is 8.83. The summed E-state index contributed by atoms with van der Waals surface area (Å²) >= 11 is 0. The summed E-state index contributed by atoms with van der Waals surface area (Å²) in [5.74, 6) is 0. The Morgan fingerprint density at radius 2 is 1.00 bits per heavy atom. The van der Waals surface area contributed by atoms with E-state index in [2.05, 4.69) is 0 Å². The van der Waals surface area contributed by atoms with Gasteiger partial charge in [-0.25, -0.2) is 0 Å². The monoisotopic (exact) mass is 223 g/mol. The molecule has 0 rings (SSSR count). The Balaban J connectivity index is 0. The minimum Gasteiger partial charge on any atom is 0 e. The van der Waals surface area contributed by atoms with Crippen LogP contribution in [-0.2, 0) is 61.3 Å². The topological polar surface area (TPSA) is 0 Å². The molecule has 0 saturated carbocycles. The van der Waals surface area contributed by atoms with Gasteiger partial charge in [0.25, 0.3) is 0 Å². The van der Waals surface area contributed by atoms with Gasteiger partial charge in [-0.2, -0.15) is 0 Å². The molecule has 0 bridgehead atoms. The minimum atomic E-state index is 0. The van der Waals surface area contributed by atoms with E-state index in [1.54, 1.807) is 0 Å². The van der Waals surface area contributed by atoms with Crippen molar-refractivity contribution in [1.82, 2.24) is 0 Å². The summed E-state index contributed by atoms with van der Waals surface area (Å²) < 4.78 is 0. The molecule has 19 valence electrons. The van der Waals surface area contributed by atoms with E-state index in [9.17, 15) is 0 Å². The molecule has 4 heavy (non-hydrogen) atoms. The van der Waals surface area contributed by atoms with Crippen molar-refractivity contribution in [3.8, 4) is 0 Å². The first-order chi connectivity index (χ1) is 0. The molecule has 0 aliphatic heterocycles. The average molecular weight is 221 g/mol. The normalized spacial score (nSPS) is 0. The molecular weight excluding hydrogens is 219 g/mol. The van der Waals surface area contributed by atoms with Gasteiger partial charge in [0.2, 0.25) is 0 Å². The maximum absolute atomic E-state index is 0. The van der Waals surface area contributed by atoms with E-state index in [-0.39, 0.29) is 84.4 Å². The largest absolute Gasteiger partial charge is 0.316 e. The molecule has 0 unspecified atom stereocenters. The zero-order valence-electron chi connectivity index (χ0n) is 1.36. The average Bonchev–Trinajstić information content (AvgIpc) is 0. The van der Waals surface area contributed by atoms with Gasteiger partial charge in [0, 0.05) is 61.3 Å². The molecule has 0 aliphatic carbocycles. The standard InChI is InChI=1S/Mg.Mo.Ti.V.2H. The van der Waals surface area contributed by atoms with Crippen molar-refractivity contribution < 1.29 is 61.3 Å². The van der Waals surface area contributed by atoms with Gasteiger partial charge in [-0.3, -0.25) is 0 Å². The molecule has 0 nitrogen and oxygen atoms in total. The maximum atomic E-state index is 0. The zero-order valence-corrected chi connectivity index (χ0v) is 6.32. The first-order valence-corrected chi connectivity index (χ1v) is 0. The van der Waals surface area contributed by atoms with Crippen LogP contribution in [0, 0.1) is 0 Å². The molecule has 0 N–H and O–H groups in total. The fraction of sp³-hybridized carbons (Fsp3) is 0. The minimum absolute atomic E-state index is 0. The predicted octanol–water partition coefficient (Wildman–Crippen LogP) is -0.924. The van der Waals surface area contributed by atoms with Crippen molar-refractivity contribution >= 4 is 23.1 Å². The predicted molar refractivity (Wildman–Crippen MR) is 8.54 cm³/mol. The second-order valence-corrected chi connectivity index (χ2v) is 0. The molecule has 0 atom stereocenters. The summed E-state index contributed by atoms with van der Waals surface area (Å²) in [6, 6.07) is 0. The molecule has 1 radical (unpaired) electrons. The van der Waals surface area contributed by atoms with Crippen LogP contribution >= 0.6 is 0 Å². The van der Waals surface area contributed by atoms with Gasteiger partial charge in [0.15, 0.2) is 0 Å². The molecule has 0 aromatic heterocycles. The van der Waals surface area contributed by atoms with Crippen molar-refractivity contribution in [3.05, 3.63) is 0 Å². The summed E-state index contributed by atoms with van der Waals surface area (Å²) in [5, 5.41) is 0. The molecule has 0 aromatic rings. The Hall–Kier alpha value is 2.75. The van der Waals surface area contributed by atoms with Crippen molar-refractivity contribution in [2.75, 3.05) is 0 Å². The van der Waals surface area contributed by atoms with Crippen LogP contribution < -0.4 is 0 Å². The Morgan fingerprint density at radius 1 is 1.00 bits per heavy atom. The van der Waals surface area contributed by atoms with Gasteiger partial charge in [0.1, 0.15) is 0 Å². The summed E-state index contributed by atoms with van der Waals surface area (Å²) in [5.41, 5.74) is 0. The van der Waals surface area contributed by atoms with Crippen LogP contribution in [0.4, 0.5) is 0 Å². The van der Waals surface area contributed by atoms with E-state index in [0.717, 1.165) is 0 Å². The molecular formula is H2MgMoTiV. The van der Waals surface area contributed by atoms with E-state index < -0.39 is 0 Å². The van der Waals surface area contributed by atoms with Crippen LogP contribution in [0.15, 0.2) is 0 Å². The quantitative estimate of drug-likeness (QED) is 0.464. The second kappa shape index (κ2) is 17.1. The Labute approximate surface area is 83.0 Å². The van der Waals surface area contributed by atoms with Gasteiger partial charge in [-0.1, -0.05) is 0 Å². The first kappa shape index (κ1) is 29.5. The van der Waals surface area contributed by atoms with Crippen molar-refractivity contribution in [3.63, 3.8) is 0 Å². The van der Waals surface area contributed by atoms with Gasteiger partial charge in [-0.15, -0.1) is 0 Å². The Bertz CT molecular complexity index is 8.00. The Kier molecular flexibility index (Phi) is 126. The fourth-order valence-electron chi connectivity index (χ4n) is 0. The van der Waals surface area contributed by atoms with Gasteiger partial charge < -0.3 is 0 Å². The molecule has 0 heterocycles. The van der Waals surface area contributed by atoms with Crippen LogP contribution in [0.5, 0.6) is 0 Å². The fourth-order valence-corrected chi connectivity index (χ4v) is 0. The smallest absolute Gasteiger partial charge is 0 e. The molecule has 0 amide bonds. The molecule has 0 spiro atoms.